The third kappa shape index (κ3) is 6.15. The van der Waals surface area contributed by atoms with Gasteiger partial charge in [0.05, 0.1) is 29.8 Å². The van der Waals surface area contributed by atoms with Gasteiger partial charge in [-0.25, -0.2) is 12.8 Å². The fourth-order valence-electron chi connectivity index (χ4n) is 3.03. The number of carbonyl (C=O) groups is 1. The second-order valence-electron chi connectivity index (χ2n) is 6.94. The first-order valence-electron chi connectivity index (χ1n) is 9.80. The zero-order valence-electron chi connectivity index (χ0n) is 17.9. The Bertz CT molecular complexity index is 1250. The normalized spacial score (nSPS) is 11.0. The molecular weight excluding hydrogens is 471 g/mol. The number of amides is 1. The molecule has 0 fully saturated rings. The molecule has 10 heteroatoms. The fraction of sp³-hybridized carbons (Fsp3) is 0.174. The number of ether oxygens (including phenoxy) is 2. The van der Waals surface area contributed by atoms with Crippen LogP contribution in [0.4, 0.5) is 10.1 Å². The second-order valence-corrected chi connectivity index (χ2v) is 9.03. The first kappa shape index (κ1) is 24.3. The van der Waals surface area contributed by atoms with E-state index in [0.717, 1.165) is 29.8 Å². The molecule has 1 amide bonds. The number of benzene rings is 3. The van der Waals surface area contributed by atoms with Crippen molar-refractivity contribution in [1.29, 1.82) is 0 Å². The summed E-state index contributed by atoms with van der Waals surface area (Å²) in [4.78, 5) is 12.5. The van der Waals surface area contributed by atoms with E-state index in [1.54, 1.807) is 26.4 Å². The lowest BCUT2D eigenvalue weighted by Crippen LogP contribution is -2.26. The Hall–Kier alpha value is -3.30. The lowest BCUT2D eigenvalue weighted by atomic mass is 10.1. The Labute approximate surface area is 196 Å². The maximum atomic E-state index is 13.1. The van der Waals surface area contributed by atoms with E-state index in [4.69, 9.17) is 21.1 Å². The van der Waals surface area contributed by atoms with Crippen molar-refractivity contribution >= 4 is 33.2 Å². The number of nitrogens with one attached hydrogen (secondary N) is 2. The average molecular weight is 493 g/mol. The van der Waals surface area contributed by atoms with Crippen molar-refractivity contribution in [2.75, 3.05) is 25.5 Å². The molecule has 33 heavy (non-hydrogen) atoms. The molecule has 0 aliphatic heterocycles. The van der Waals surface area contributed by atoms with Crippen LogP contribution in [0.15, 0.2) is 65.6 Å². The highest BCUT2D eigenvalue weighted by Gasteiger charge is 2.17. The summed E-state index contributed by atoms with van der Waals surface area (Å²) in [5.41, 5.74) is 1.14. The quantitative estimate of drug-likeness (QED) is 0.465. The summed E-state index contributed by atoms with van der Waals surface area (Å²) in [5.74, 6) is 0.350. The van der Waals surface area contributed by atoms with Gasteiger partial charge in [-0.15, -0.1) is 0 Å². The van der Waals surface area contributed by atoms with E-state index in [2.05, 4.69) is 10.0 Å². The number of methoxy groups -OCH3 is 2. The Balaban J connectivity index is 1.68. The summed E-state index contributed by atoms with van der Waals surface area (Å²) in [5, 5.41) is 2.90. The minimum Gasteiger partial charge on any atom is -0.497 e. The van der Waals surface area contributed by atoms with Gasteiger partial charge in [0.15, 0.2) is 0 Å². The van der Waals surface area contributed by atoms with Crippen LogP contribution in [0.2, 0.25) is 5.02 Å². The molecule has 7 nitrogen and oxygen atoms in total. The Morgan fingerprint density at radius 2 is 1.73 bits per heavy atom. The molecule has 0 atom stereocenters. The van der Waals surface area contributed by atoms with E-state index in [9.17, 15) is 17.6 Å². The van der Waals surface area contributed by atoms with Gasteiger partial charge in [0.1, 0.15) is 17.3 Å². The molecule has 0 spiro atoms. The van der Waals surface area contributed by atoms with Crippen LogP contribution < -0.4 is 19.5 Å². The van der Waals surface area contributed by atoms with Crippen molar-refractivity contribution in [3.8, 4) is 11.5 Å². The van der Waals surface area contributed by atoms with Crippen molar-refractivity contribution in [2.24, 2.45) is 0 Å². The second kappa shape index (κ2) is 10.5. The van der Waals surface area contributed by atoms with E-state index in [1.165, 1.54) is 18.2 Å². The van der Waals surface area contributed by atoms with Crippen LogP contribution >= 0.6 is 11.6 Å². The summed E-state index contributed by atoms with van der Waals surface area (Å²) in [6, 6.07) is 14.0. The minimum absolute atomic E-state index is 0.0328. The van der Waals surface area contributed by atoms with Gasteiger partial charge in [-0.2, -0.15) is 0 Å². The lowest BCUT2D eigenvalue weighted by Gasteiger charge is -2.13. The van der Waals surface area contributed by atoms with Crippen molar-refractivity contribution in [3.63, 3.8) is 0 Å². The summed E-state index contributed by atoms with van der Waals surface area (Å²) in [6.07, 6.45) is 0.510. The molecular formula is C23H22ClFN2O5S. The third-order valence-electron chi connectivity index (χ3n) is 4.77. The average Bonchev–Trinajstić information content (AvgIpc) is 2.80. The van der Waals surface area contributed by atoms with Crippen LogP contribution in [0.25, 0.3) is 0 Å². The number of halogens is 2. The highest BCUT2D eigenvalue weighted by atomic mass is 35.5. The Kier molecular flexibility index (Phi) is 7.78. The molecule has 0 radical (unpaired) electrons. The van der Waals surface area contributed by atoms with Crippen molar-refractivity contribution < 1.29 is 27.1 Å². The van der Waals surface area contributed by atoms with Crippen LogP contribution in [0.1, 0.15) is 15.9 Å². The molecule has 2 N–H and O–H groups in total. The van der Waals surface area contributed by atoms with Gasteiger partial charge in [-0.3, -0.25) is 9.52 Å². The molecule has 0 aliphatic rings. The molecule has 0 saturated carbocycles. The number of anilines is 1. The van der Waals surface area contributed by atoms with Crippen LogP contribution in [0, 0.1) is 5.82 Å². The van der Waals surface area contributed by atoms with E-state index < -0.39 is 21.7 Å². The summed E-state index contributed by atoms with van der Waals surface area (Å²) >= 11 is 6.12. The van der Waals surface area contributed by atoms with Gasteiger partial charge < -0.3 is 14.8 Å². The molecule has 0 heterocycles. The third-order valence-corrected chi connectivity index (χ3v) is 6.48. The predicted octanol–water partition coefficient (Wildman–Crippen LogP) is 4.27. The summed E-state index contributed by atoms with van der Waals surface area (Å²) in [6.45, 7) is 0.320. The molecule has 174 valence electrons. The molecule has 3 rings (SSSR count). The largest absolute Gasteiger partial charge is 0.497 e. The van der Waals surface area contributed by atoms with Crippen molar-refractivity contribution in [1.82, 2.24) is 5.32 Å². The van der Waals surface area contributed by atoms with Crippen LogP contribution in [-0.4, -0.2) is 35.1 Å². The molecule has 3 aromatic rings. The zero-order chi connectivity index (χ0) is 24.0. The fourth-order valence-corrected chi connectivity index (χ4v) is 4.32. The van der Waals surface area contributed by atoms with Gasteiger partial charge in [-0.1, -0.05) is 17.7 Å². The lowest BCUT2D eigenvalue weighted by molar-refractivity contribution is 0.0954. The first-order chi connectivity index (χ1) is 15.7. The molecule has 3 aromatic carbocycles. The van der Waals surface area contributed by atoms with Crippen LogP contribution in [0.5, 0.6) is 11.5 Å². The monoisotopic (exact) mass is 492 g/mol. The maximum Gasteiger partial charge on any atom is 0.261 e. The minimum atomic E-state index is -4.02. The van der Waals surface area contributed by atoms with Gasteiger partial charge in [0.2, 0.25) is 0 Å². The highest BCUT2D eigenvalue weighted by molar-refractivity contribution is 7.92. The van der Waals surface area contributed by atoms with Gasteiger partial charge in [-0.05, 0) is 60.5 Å². The standard InChI is InChI=1S/C23H22ClFN2O5S/c1-31-18-7-3-15(22(14-18)32-2)11-12-26-23(28)16-4-10-20(24)21(13-16)27-33(29,30)19-8-5-17(25)6-9-19/h3-10,13-14,27H,11-12H2,1-2H3,(H,26,28). The molecule has 0 aliphatic carbocycles. The van der Waals surface area contributed by atoms with Crippen molar-refractivity contribution in [3.05, 3.63) is 82.6 Å². The molecule has 0 aromatic heterocycles. The topological polar surface area (TPSA) is 93.7 Å². The molecule has 0 unspecified atom stereocenters. The van der Waals surface area contributed by atoms with Crippen LogP contribution in [0.3, 0.4) is 0 Å². The SMILES string of the molecule is COc1ccc(CCNC(=O)c2ccc(Cl)c(NS(=O)(=O)c3ccc(F)cc3)c2)c(OC)c1. The van der Waals surface area contributed by atoms with Gasteiger partial charge in [0.25, 0.3) is 15.9 Å². The van der Waals surface area contributed by atoms with Gasteiger partial charge >= 0.3 is 0 Å². The highest BCUT2D eigenvalue weighted by Crippen LogP contribution is 2.27. The van der Waals surface area contributed by atoms with Gasteiger partial charge in [0, 0.05) is 18.2 Å². The van der Waals surface area contributed by atoms with E-state index in [0.29, 0.717) is 24.5 Å². The summed E-state index contributed by atoms with van der Waals surface area (Å²) in [7, 11) is -0.900. The summed E-state index contributed by atoms with van der Waals surface area (Å²) < 4.78 is 51.1. The maximum absolute atomic E-state index is 13.1. The zero-order valence-corrected chi connectivity index (χ0v) is 19.5. The Morgan fingerprint density at radius 3 is 2.39 bits per heavy atom. The number of sulfonamides is 1. The number of carbonyl (C=O) groups excluding carboxylic acids is 1. The van der Waals surface area contributed by atoms with Crippen molar-refractivity contribution in [2.45, 2.75) is 11.3 Å². The number of hydrogen-bond acceptors (Lipinski definition) is 5. The molecule has 0 saturated heterocycles. The van der Waals surface area contributed by atoms with E-state index in [-0.39, 0.29) is 21.2 Å². The smallest absolute Gasteiger partial charge is 0.261 e. The van der Waals surface area contributed by atoms with E-state index >= 15 is 0 Å². The first-order valence-corrected chi connectivity index (χ1v) is 11.7. The number of rotatable bonds is 9. The van der Waals surface area contributed by atoms with E-state index in [1.807, 2.05) is 6.07 Å². The predicted molar refractivity (Wildman–Crippen MR) is 124 cm³/mol. The number of hydrogen-bond donors (Lipinski definition) is 2. The van der Waals surface area contributed by atoms with Crippen LogP contribution in [-0.2, 0) is 16.4 Å². The Morgan fingerprint density at radius 1 is 1.00 bits per heavy atom. The molecule has 0 bridgehead atoms.